The maximum atomic E-state index is 13.2. The number of halogens is 1. The first kappa shape index (κ1) is 10.1. The highest BCUT2D eigenvalue weighted by molar-refractivity contribution is 5.94. The molecule has 0 bridgehead atoms. The first-order valence-corrected chi connectivity index (χ1v) is 5.12. The summed E-state index contributed by atoms with van der Waals surface area (Å²) in [5.41, 5.74) is 0.0757. The summed E-state index contributed by atoms with van der Waals surface area (Å²) in [4.78, 5) is 15.2. The van der Waals surface area contributed by atoms with Crippen molar-refractivity contribution in [3.05, 3.63) is 29.8 Å². The van der Waals surface area contributed by atoms with Gasteiger partial charge < -0.3 is 5.32 Å². The van der Waals surface area contributed by atoms with Crippen LogP contribution in [0.25, 0.3) is 0 Å². The molecule has 1 fully saturated rings. The van der Waals surface area contributed by atoms with E-state index in [0.29, 0.717) is 5.92 Å². The van der Waals surface area contributed by atoms with Crippen molar-refractivity contribution in [2.24, 2.45) is 5.92 Å². The van der Waals surface area contributed by atoms with E-state index in [1.165, 1.54) is 12.3 Å². The van der Waals surface area contributed by atoms with Crippen molar-refractivity contribution in [1.29, 1.82) is 0 Å². The second-order valence-electron chi connectivity index (χ2n) is 3.84. The lowest BCUT2D eigenvalue weighted by atomic mass is 10.2. The smallest absolute Gasteiger partial charge is 0.254 e. The van der Waals surface area contributed by atoms with E-state index < -0.39 is 5.82 Å². The number of carbonyl (C=O) groups excluding carboxylic acids is 1. The van der Waals surface area contributed by atoms with Crippen molar-refractivity contribution < 1.29 is 9.18 Å². The van der Waals surface area contributed by atoms with Crippen LogP contribution >= 0.6 is 0 Å². The zero-order chi connectivity index (χ0) is 10.8. The molecule has 1 aliphatic rings. The van der Waals surface area contributed by atoms with Crippen LogP contribution in [0.5, 0.6) is 0 Å². The van der Waals surface area contributed by atoms with Gasteiger partial charge in [0, 0.05) is 12.2 Å². The Morgan fingerprint density at radius 2 is 2.53 bits per heavy atom. The molecular weight excluding hydrogens is 195 g/mol. The third kappa shape index (κ3) is 2.14. The fourth-order valence-electron chi connectivity index (χ4n) is 1.68. The van der Waals surface area contributed by atoms with Gasteiger partial charge in [0.1, 0.15) is 0 Å². The van der Waals surface area contributed by atoms with Gasteiger partial charge in [0.2, 0.25) is 0 Å². The molecule has 1 saturated carbocycles. The second-order valence-corrected chi connectivity index (χ2v) is 3.84. The van der Waals surface area contributed by atoms with E-state index >= 15 is 0 Å². The topological polar surface area (TPSA) is 42.0 Å². The van der Waals surface area contributed by atoms with Gasteiger partial charge >= 0.3 is 0 Å². The highest BCUT2D eigenvalue weighted by Gasteiger charge is 2.36. The van der Waals surface area contributed by atoms with Crippen LogP contribution in [-0.4, -0.2) is 16.9 Å². The van der Waals surface area contributed by atoms with Crippen LogP contribution in [0.4, 0.5) is 4.39 Å². The Labute approximate surface area is 87.7 Å². The van der Waals surface area contributed by atoms with Crippen molar-refractivity contribution in [1.82, 2.24) is 10.3 Å². The molecule has 3 nitrogen and oxygen atoms in total. The molecule has 80 valence electrons. The molecule has 0 saturated heterocycles. The summed E-state index contributed by atoms with van der Waals surface area (Å²) in [5, 5.41) is 2.81. The summed E-state index contributed by atoms with van der Waals surface area (Å²) in [7, 11) is 0. The van der Waals surface area contributed by atoms with Crippen LogP contribution in [0.1, 0.15) is 30.1 Å². The van der Waals surface area contributed by atoms with Crippen molar-refractivity contribution in [2.45, 2.75) is 25.8 Å². The summed E-state index contributed by atoms with van der Waals surface area (Å²) in [6.45, 7) is 2.09. The Hall–Kier alpha value is -1.45. The molecule has 2 rings (SSSR count). The average molecular weight is 208 g/mol. The summed E-state index contributed by atoms with van der Waals surface area (Å²) in [6, 6.07) is 1.63. The van der Waals surface area contributed by atoms with Crippen molar-refractivity contribution in [2.75, 3.05) is 0 Å². The van der Waals surface area contributed by atoms with Crippen LogP contribution in [0.2, 0.25) is 0 Å². The maximum Gasteiger partial charge on any atom is 0.254 e. The summed E-state index contributed by atoms with van der Waals surface area (Å²) >= 11 is 0. The number of hydrogen-bond donors (Lipinski definition) is 1. The number of aromatic nitrogens is 1. The SMILES string of the molecule is CCC1CC1NC(=O)c1ccncc1F. The maximum absolute atomic E-state index is 13.2. The van der Waals surface area contributed by atoms with Crippen molar-refractivity contribution >= 4 is 5.91 Å². The van der Waals surface area contributed by atoms with E-state index in [9.17, 15) is 9.18 Å². The summed E-state index contributed by atoms with van der Waals surface area (Å²) < 4.78 is 13.2. The van der Waals surface area contributed by atoms with Crippen LogP contribution in [0, 0.1) is 11.7 Å². The summed E-state index contributed by atoms with van der Waals surface area (Å²) in [5.74, 6) is -0.335. The van der Waals surface area contributed by atoms with Crippen LogP contribution in [-0.2, 0) is 0 Å². The number of pyridine rings is 1. The second kappa shape index (κ2) is 3.96. The van der Waals surface area contributed by atoms with E-state index in [1.807, 2.05) is 0 Å². The minimum Gasteiger partial charge on any atom is -0.349 e. The van der Waals surface area contributed by atoms with Crippen molar-refractivity contribution in [3.63, 3.8) is 0 Å². The molecule has 0 spiro atoms. The number of amides is 1. The third-order valence-corrected chi connectivity index (χ3v) is 2.78. The Balaban J connectivity index is 2.00. The van der Waals surface area contributed by atoms with E-state index in [2.05, 4.69) is 17.2 Å². The highest BCUT2D eigenvalue weighted by Crippen LogP contribution is 2.33. The fourth-order valence-corrected chi connectivity index (χ4v) is 1.68. The van der Waals surface area contributed by atoms with Gasteiger partial charge in [0.15, 0.2) is 5.82 Å². The number of rotatable bonds is 3. The molecule has 15 heavy (non-hydrogen) atoms. The minimum atomic E-state index is -0.566. The molecule has 1 amide bonds. The highest BCUT2D eigenvalue weighted by atomic mass is 19.1. The minimum absolute atomic E-state index is 0.0757. The monoisotopic (exact) mass is 208 g/mol. The van der Waals surface area contributed by atoms with Gasteiger partial charge in [-0.2, -0.15) is 0 Å². The normalized spacial score (nSPS) is 23.6. The molecule has 4 heteroatoms. The fraction of sp³-hybridized carbons (Fsp3) is 0.455. The number of carbonyl (C=O) groups is 1. The van der Waals surface area contributed by atoms with E-state index in [0.717, 1.165) is 19.0 Å². The zero-order valence-corrected chi connectivity index (χ0v) is 8.53. The van der Waals surface area contributed by atoms with Gasteiger partial charge in [-0.25, -0.2) is 4.39 Å². The molecule has 1 N–H and O–H groups in total. The predicted molar refractivity (Wildman–Crippen MR) is 53.8 cm³/mol. The van der Waals surface area contributed by atoms with Crippen LogP contribution in [0.15, 0.2) is 18.5 Å². The molecule has 1 aromatic heterocycles. The van der Waals surface area contributed by atoms with Crippen molar-refractivity contribution in [3.8, 4) is 0 Å². The standard InChI is InChI=1S/C11H13FN2O/c1-2-7-5-10(7)14-11(15)8-3-4-13-6-9(8)12/h3-4,6-7,10H,2,5H2,1H3,(H,14,15). The van der Waals surface area contributed by atoms with Gasteiger partial charge in [0.25, 0.3) is 5.91 Å². The molecule has 0 aromatic carbocycles. The number of hydrogen-bond acceptors (Lipinski definition) is 2. The molecule has 1 heterocycles. The average Bonchev–Trinajstić information content (AvgIpc) is 2.97. The van der Waals surface area contributed by atoms with E-state index in [1.54, 1.807) is 0 Å². The molecule has 2 atom stereocenters. The van der Waals surface area contributed by atoms with Gasteiger partial charge in [-0.1, -0.05) is 13.3 Å². The van der Waals surface area contributed by atoms with Gasteiger partial charge in [-0.05, 0) is 18.4 Å². The Morgan fingerprint density at radius 1 is 1.73 bits per heavy atom. The van der Waals surface area contributed by atoms with Crippen LogP contribution < -0.4 is 5.32 Å². The lowest BCUT2D eigenvalue weighted by Crippen LogP contribution is -2.27. The lowest BCUT2D eigenvalue weighted by Gasteiger charge is -2.04. The summed E-state index contributed by atoms with van der Waals surface area (Å²) in [6.07, 6.45) is 4.54. The van der Waals surface area contributed by atoms with Crippen LogP contribution in [0.3, 0.4) is 0 Å². The van der Waals surface area contributed by atoms with E-state index in [-0.39, 0.29) is 17.5 Å². The molecule has 2 unspecified atom stereocenters. The molecule has 1 aliphatic carbocycles. The lowest BCUT2D eigenvalue weighted by molar-refractivity contribution is 0.0945. The number of nitrogens with one attached hydrogen (secondary N) is 1. The quantitative estimate of drug-likeness (QED) is 0.822. The Morgan fingerprint density at radius 3 is 3.13 bits per heavy atom. The largest absolute Gasteiger partial charge is 0.349 e. The molecular formula is C11H13FN2O. The number of nitrogens with zero attached hydrogens (tertiary/aromatic N) is 1. The molecule has 1 aromatic rings. The van der Waals surface area contributed by atoms with Gasteiger partial charge in [-0.15, -0.1) is 0 Å². The molecule has 0 aliphatic heterocycles. The first-order valence-electron chi connectivity index (χ1n) is 5.12. The molecule has 0 radical (unpaired) electrons. The Kier molecular flexibility index (Phi) is 2.66. The van der Waals surface area contributed by atoms with E-state index in [4.69, 9.17) is 0 Å². The van der Waals surface area contributed by atoms with Gasteiger partial charge in [0.05, 0.1) is 11.8 Å². The Bertz CT molecular complexity index is 381. The third-order valence-electron chi connectivity index (χ3n) is 2.78. The zero-order valence-electron chi connectivity index (χ0n) is 8.53. The first-order chi connectivity index (χ1) is 7.22. The predicted octanol–water partition coefficient (Wildman–Crippen LogP) is 1.75. The van der Waals surface area contributed by atoms with Gasteiger partial charge in [-0.3, -0.25) is 9.78 Å².